The SMILES string of the molecule is CC(C)Cc1cnc(N2CCC(CC#N)CC2)nc1. The fourth-order valence-electron chi connectivity index (χ4n) is 2.55. The topological polar surface area (TPSA) is 52.8 Å². The average Bonchev–Trinajstić information content (AvgIpc) is 2.40. The van der Waals surface area contributed by atoms with Crippen LogP contribution in [0, 0.1) is 23.2 Å². The highest BCUT2D eigenvalue weighted by Crippen LogP contribution is 2.22. The third-order valence-corrected chi connectivity index (χ3v) is 3.61. The van der Waals surface area contributed by atoms with Crippen LogP contribution in [0.15, 0.2) is 12.4 Å². The molecule has 0 bridgehead atoms. The Morgan fingerprint density at radius 3 is 2.47 bits per heavy atom. The fraction of sp³-hybridized carbons (Fsp3) is 0.667. The molecule has 0 saturated carbocycles. The van der Waals surface area contributed by atoms with Crippen LogP contribution in [0.5, 0.6) is 0 Å². The van der Waals surface area contributed by atoms with Crippen molar-refractivity contribution in [1.29, 1.82) is 5.26 Å². The van der Waals surface area contributed by atoms with Gasteiger partial charge in [-0.1, -0.05) is 13.8 Å². The van der Waals surface area contributed by atoms with Gasteiger partial charge in [0.05, 0.1) is 6.07 Å². The lowest BCUT2D eigenvalue weighted by Crippen LogP contribution is -2.34. The number of hydrogen-bond donors (Lipinski definition) is 0. The molecule has 1 saturated heterocycles. The van der Waals surface area contributed by atoms with E-state index < -0.39 is 0 Å². The van der Waals surface area contributed by atoms with Crippen molar-refractivity contribution < 1.29 is 0 Å². The second-order valence-electron chi connectivity index (χ2n) is 5.78. The quantitative estimate of drug-likeness (QED) is 0.833. The zero-order valence-electron chi connectivity index (χ0n) is 11.8. The maximum atomic E-state index is 8.72. The second kappa shape index (κ2) is 6.51. The normalized spacial score (nSPS) is 16.6. The number of rotatable bonds is 4. The zero-order valence-corrected chi connectivity index (χ0v) is 11.8. The van der Waals surface area contributed by atoms with Gasteiger partial charge in [-0.15, -0.1) is 0 Å². The molecule has 0 aliphatic carbocycles. The Morgan fingerprint density at radius 1 is 1.32 bits per heavy atom. The molecule has 1 fully saturated rings. The molecule has 4 heteroatoms. The van der Waals surface area contributed by atoms with Crippen molar-refractivity contribution in [3.05, 3.63) is 18.0 Å². The molecule has 102 valence electrons. The predicted octanol–water partition coefficient (Wildman–Crippen LogP) is 2.81. The molecule has 1 aromatic heterocycles. The van der Waals surface area contributed by atoms with Crippen LogP contribution in [-0.2, 0) is 6.42 Å². The molecule has 0 aromatic carbocycles. The van der Waals surface area contributed by atoms with Gasteiger partial charge in [-0.2, -0.15) is 5.26 Å². The molecule has 1 aromatic rings. The van der Waals surface area contributed by atoms with E-state index in [-0.39, 0.29) is 0 Å². The van der Waals surface area contributed by atoms with Gasteiger partial charge in [-0.25, -0.2) is 9.97 Å². The minimum absolute atomic E-state index is 0.557. The number of nitrogens with zero attached hydrogens (tertiary/aromatic N) is 4. The van der Waals surface area contributed by atoms with Crippen LogP contribution in [-0.4, -0.2) is 23.1 Å². The molecule has 1 aliphatic rings. The molecular weight excluding hydrogens is 236 g/mol. The van der Waals surface area contributed by atoms with Gasteiger partial charge in [0, 0.05) is 31.9 Å². The van der Waals surface area contributed by atoms with Crippen LogP contribution >= 0.6 is 0 Å². The molecule has 0 radical (unpaired) electrons. The van der Waals surface area contributed by atoms with Gasteiger partial charge in [-0.05, 0) is 36.7 Å². The summed E-state index contributed by atoms with van der Waals surface area (Å²) in [5.74, 6) is 2.03. The van der Waals surface area contributed by atoms with Gasteiger partial charge >= 0.3 is 0 Å². The highest BCUT2D eigenvalue weighted by atomic mass is 15.2. The first-order valence-electron chi connectivity index (χ1n) is 7.12. The van der Waals surface area contributed by atoms with E-state index in [2.05, 4.69) is 34.8 Å². The third-order valence-electron chi connectivity index (χ3n) is 3.61. The Bertz CT molecular complexity index is 424. The van der Waals surface area contributed by atoms with Crippen molar-refractivity contribution >= 4 is 5.95 Å². The Hall–Kier alpha value is -1.63. The van der Waals surface area contributed by atoms with E-state index in [1.165, 1.54) is 5.56 Å². The van der Waals surface area contributed by atoms with Gasteiger partial charge in [0.15, 0.2) is 0 Å². The maximum absolute atomic E-state index is 8.72. The van der Waals surface area contributed by atoms with E-state index in [0.29, 0.717) is 18.3 Å². The number of aromatic nitrogens is 2. The Labute approximate surface area is 115 Å². The third kappa shape index (κ3) is 3.92. The molecule has 0 spiro atoms. The minimum atomic E-state index is 0.557. The molecule has 19 heavy (non-hydrogen) atoms. The van der Waals surface area contributed by atoms with Crippen molar-refractivity contribution in [2.24, 2.45) is 11.8 Å². The minimum Gasteiger partial charge on any atom is -0.341 e. The lowest BCUT2D eigenvalue weighted by molar-refractivity contribution is 0.409. The highest BCUT2D eigenvalue weighted by molar-refractivity contribution is 5.30. The summed E-state index contributed by atoms with van der Waals surface area (Å²) in [5.41, 5.74) is 1.21. The summed E-state index contributed by atoms with van der Waals surface area (Å²) in [5, 5.41) is 8.72. The first kappa shape index (κ1) is 13.8. The molecular formula is C15H22N4. The van der Waals surface area contributed by atoms with Gasteiger partial charge in [-0.3, -0.25) is 0 Å². The standard InChI is InChI=1S/C15H22N4/c1-12(2)9-14-10-17-15(18-11-14)19-7-4-13(3-6-16)5-8-19/h10-13H,3-5,7-9H2,1-2H3. The molecule has 0 unspecified atom stereocenters. The molecule has 0 amide bonds. The lowest BCUT2D eigenvalue weighted by Gasteiger charge is -2.30. The first-order valence-corrected chi connectivity index (χ1v) is 7.12. The summed E-state index contributed by atoms with van der Waals surface area (Å²) >= 11 is 0. The summed E-state index contributed by atoms with van der Waals surface area (Å²) in [6, 6.07) is 2.27. The van der Waals surface area contributed by atoms with Crippen LogP contribution in [0.3, 0.4) is 0 Å². The van der Waals surface area contributed by atoms with E-state index >= 15 is 0 Å². The Morgan fingerprint density at radius 2 is 1.95 bits per heavy atom. The van der Waals surface area contributed by atoms with E-state index in [0.717, 1.165) is 38.3 Å². The number of piperidine rings is 1. The smallest absolute Gasteiger partial charge is 0.225 e. The van der Waals surface area contributed by atoms with E-state index in [1.54, 1.807) is 0 Å². The van der Waals surface area contributed by atoms with Crippen LogP contribution in [0.4, 0.5) is 5.95 Å². The molecule has 0 N–H and O–H groups in total. The molecule has 2 rings (SSSR count). The fourth-order valence-corrected chi connectivity index (χ4v) is 2.55. The van der Waals surface area contributed by atoms with E-state index in [9.17, 15) is 0 Å². The summed E-state index contributed by atoms with van der Waals surface area (Å²) in [4.78, 5) is 11.2. The van der Waals surface area contributed by atoms with Crippen molar-refractivity contribution in [3.63, 3.8) is 0 Å². The predicted molar refractivity (Wildman–Crippen MR) is 75.7 cm³/mol. The van der Waals surface area contributed by atoms with Crippen molar-refractivity contribution in [2.75, 3.05) is 18.0 Å². The average molecular weight is 258 g/mol. The molecule has 4 nitrogen and oxygen atoms in total. The summed E-state index contributed by atoms with van der Waals surface area (Å²) in [6.07, 6.45) is 7.76. The summed E-state index contributed by atoms with van der Waals surface area (Å²) in [6.45, 7) is 6.34. The van der Waals surface area contributed by atoms with Crippen molar-refractivity contribution in [1.82, 2.24) is 9.97 Å². The largest absolute Gasteiger partial charge is 0.341 e. The van der Waals surface area contributed by atoms with Gasteiger partial charge in [0.2, 0.25) is 5.95 Å². The Balaban J connectivity index is 1.91. The summed E-state index contributed by atoms with van der Waals surface area (Å²) < 4.78 is 0. The number of nitriles is 1. The first-order chi connectivity index (χ1) is 9.19. The number of hydrogen-bond acceptors (Lipinski definition) is 4. The molecule has 2 heterocycles. The van der Waals surface area contributed by atoms with E-state index in [1.807, 2.05) is 12.4 Å². The second-order valence-corrected chi connectivity index (χ2v) is 5.78. The lowest BCUT2D eigenvalue weighted by atomic mass is 9.94. The van der Waals surface area contributed by atoms with Crippen LogP contribution in [0.1, 0.15) is 38.7 Å². The van der Waals surface area contributed by atoms with Crippen molar-refractivity contribution in [2.45, 2.75) is 39.5 Å². The van der Waals surface area contributed by atoms with Crippen LogP contribution in [0.2, 0.25) is 0 Å². The number of anilines is 1. The monoisotopic (exact) mass is 258 g/mol. The molecule has 1 aliphatic heterocycles. The highest BCUT2D eigenvalue weighted by Gasteiger charge is 2.20. The molecule has 0 atom stereocenters. The van der Waals surface area contributed by atoms with Gasteiger partial charge in [0.1, 0.15) is 0 Å². The van der Waals surface area contributed by atoms with Crippen LogP contribution in [0.25, 0.3) is 0 Å². The van der Waals surface area contributed by atoms with E-state index in [4.69, 9.17) is 5.26 Å². The van der Waals surface area contributed by atoms with Gasteiger partial charge in [0.25, 0.3) is 0 Å². The van der Waals surface area contributed by atoms with Crippen LogP contribution < -0.4 is 4.90 Å². The maximum Gasteiger partial charge on any atom is 0.225 e. The van der Waals surface area contributed by atoms with Gasteiger partial charge < -0.3 is 4.90 Å². The zero-order chi connectivity index (χ0) is 13.7. The summed E-state index contributed by atoms with van der Waals surface area (Å²) in [7, 11) is 0. The van der Waals surface area contributed by atoms with Crippen molar-refractivity contribution in [3.8, 4) is 6.07 Å². The Kier molecular flexibility index (Phi) is 4.73.